The zero-order valence-electron chi connectivity index (χ0n) is 14.5. The summed E-state index contributed by atoms with van der Waals surface area (Å²) in [5, 5.41) is 2.92. The van der Waals surface area contributed by atoms with Gasteiger partial charge in [0.05, 0.1) is 12.5 Å². The fraction of sp³-hybridized carbons (Fsp3) is 0.300. The number of hydrogen-bond acceptors (Lipinski definition) is 3. The first-order valence-electron chi connectivity index (χ1n) is 8.68. The van der Waals surface area contributed by atoms with Crippen LogP contribution < -0.4 is 11.1 Å². The zero-order chi connectivity index (χ0) is 18.5. The van der Waals surface area contributed by atoms with E-state index in [1.807, 2.05) is 29.2 Å². The van der Waals surface area contributed by atoms with E-state index in [0.717, 1.165) is 36.2 Å². The molecule has 26 heavy (non-hydrogen) atoms. The Morgan fingerprint density at radius 3 is 2.62 bits per heavy atom. The van der Waals surface area contributed by atoms with E-state index in [9.17, 15) is 14.0 Å². The Labute approximate surface area is 152 Å². The SMILES string of the molecule is NC(=O)C1CCCN1Cc1ccccc1NC(=O)Cc1ccc(F)cc1. The third-order valence-corrected chi connectivity index (χ3v) is 4.63. The third kappa shape index (κ3) is 4.46. The topological polar surface area (TPSA) is 75.4 Å². The first-order valence-corrected chi connectivity index (χ1v) is 8.68. The lowest BCUT2D eigenvalue weighted by atomic mass is 10.1. The molecule has 2 aromatic carbocycles. The van der Waals surface area contributed by atoms with E-state index in [1.165, 1.54) is 12.1 Å². The molecule has 0 bridgehead atoms. The highest BCUT2D eigenvalue weighted by Crippen LogP contribution is 2.24. The summed E-state index contributed by atoms with van der Waals surface area (Å²) in [6.45, 7) is 1.37. The van der Waals surface area contributed by atoms with Crippen LogP contribution in [0.25, 0.3) is 0 Å². The molecular formula is C20H22FN3O2. The fourth-order valence-electron chi connectivity index (χ4n) is 3.32. The molecule has 1 saturated heterocycles. The van der Waals surface area contributed by atoms with Gasteiger partial charge in [-0.3, -0.25) is 14.5 Å². The molecule has 6 heteroatoms. The molecule has 3 rings (SSSR count). The summed E-state index contributed by atoms with van der Waals surface area (Å²) < 4.78 is 13.0. The number of nitrogens with two attached hydrogens (primary N) is 1. The highest BCUT2D eigenvalue weighted by atomic mass is 19.1. The van der Waals surface area contributed by atoms with Crippen LogP contribution in [0.5, 0.6) is 0 Å². The second-order valence-corrected chi connectivity index (χ2v) is 6.54. The number of rotatable bonds is 6. The Kier molecular flexibility index (Phi) is 5.63. The van der Waals surface area contributed by atoms with Crippen LogP contribution in [0.1, 0.15) is 24.0 Å². The molecule has 1 aliphatic rings. The maximum atomic E-state index is 13.0. The number of carbonyl (C=O) groups is 2. The lowest BCUT2D eigenvalue weighted by Crippen LogP contribution is -2.39. The van der Waals surface area contributed by atoms with Crippen molar-refractivity contribution in [3.8, 4) is 0 Å². The molecule has 3 N–H and O–H groups in total. The summed E-state index contributed by atoms with van der Waals surface area (Å²) in [6, 6.07) is 13.2. The van der Waals surface area contributed by atoms with Gasteiger partial charge >= 0.3 is 0 Å². The Balaban J connectivity index is 1.67. The standard InChI is InChI=1S/C20H22FN3O2/c21-16-9-7-14(8-10-16)12-19(25)23-17-5-2-1-4-15(17)13-24-11-3-6-18(24)20(22)26/h1-2,4-5,7-10,18H,3,6,11-13H2,(H2,22,26)(H,23,25). The van der Waals surface area contributed by atoms with Gasteiger partial charge in [0.15, 0.2) is 0 Å². The molecule has 0 radical (unpaired) electrons. The van der Waals surface area contributed by atoms with Crippen LogP contribution in [0.15, 0.2) is 48.5 Å². The lowest BCUT2D eigenvalue weighted by molar-refractivity contribution is -0.122. The summed E-state index contributed by atoms with van der Waals surface area (Å²) in [7, 11) is 0. The number of anilines is 1. The Bertz CT molecular complexity index is 792. The first-order chi connectivity index (χ1) is 12.5. The number of halogens is 1. The van der Waals surface area contributed by atoms with Crippen molar-refractivity contribution in [1.82, 2.24) is 4.90 Å². The average molecular weight is 355 g/mol. The van der Waals surface area contributed by atoms with Gasteiger partial charge < -0.3 is 11.1 Å². The Morgan fingerprint density at radius 1 is 1.15 bits per heavy atom. The summed E-state index contributed by atoms with van der Waals surface area (Å²) in [5.41, 5.74) is 7.88. The second-order valence-electron chi connectivity index (χ2n) is 6.54. The molecule has 136 valence electrons. The number of carbonyl (C=O) groups excluding carboxylic acids is 2. The zero-order valence-corrected chi connectivity index (χ0v) is 14.5. The van der Waals surface area contributed by atoms with E-state index >= 15 is 0 Å². The van der Waals surface area contributed by atoms with Crippen molar-refractivity contribution in [3.05, 3.63) is 65.5 Å². The van der Waals surface area contributed by atoms with Crippen LogP contribution in [-0.4, -0.2) is 29.3 Å². The van der Waals surface area contributed by atoms with Crippen molar-refractivity contribution in [2.75, 3.05) is 11.9 Å². The van der Waals surface area contributed by atoms with E-state index in [4.69, 9.17) is 5.73 Å². The number of primary amides is 1. The quantitative estimate of drug-likeness (QED) is 0.836. The van der Waals surface area contributed by atoms with Crippen molar-refractivity contribution >= 4 is 17.5 Å². The van der Waals surface area contributed by atoms with E-state index in [2.05, 4.69) is 5.32 Å². The molecule has 0 spiro atoms. The van der Waals surface area contributed by atoms with Crippen molar-refractivity contribution < 1.29 is 14.0 Å². The number of hydrogen-bond donors (Lipinski definition) is 2. The minimum absolute atomic E-state index is 0.169. The molecular weight excluding hydrogens is 333 g/mol. The van der Waals surface area contributed by atoms with Gasteiger partial charge in [0.1, 0.15) is 5.82 Å². The molecule has 1 aliphatic heterocycles. The highest BCUT2D eigenvalue weighted by molar-refractivity contribution is 5.93. The third-order valence-electron chi connectivity index (χ3n) is 4.63. The van der Waals surface area contributed by atoms with E-state index in [-0.39, 0.29) is 30.1 Å². The molecule has 2 aromatic rings. The van der Waals surface area contributed by atoms with Gasteiger partial charge in [-0.1, -0.05) is 30.3 Å². The number of nitrogens with zero attached hydrogens (tertiary/aromatic N) is 1. The Morgan fingerprint density at radius 2 is 1.88 bits per heavy atom. The number of amides is 2. The predicted octanol–water partition coefficient (Wildman–Crippen LogP) is 2.46. The summed E-state index contributed by atoms with van der Waals surface area (Å²) in [5.74, 6) is -0.800. The van der Waals surface area contributed by atoms with Crippen molar-refractivity contribution in [2.24, 2.45) is 5.73 Å². The number of likely N-dealkylation sites (tertiary alicyclic amines) is 1. The van der Waals surface area contributed by atoms with Gasteiger partial charge in [-0.15, -0.1) is 0 Å². The molecule has 1 fully saturated rings. The van der Waals surface area contributed by atoms with E-state index < -0.39 is 0 Å². The largest absolute Gasteiger partial charge is 0.368 e. The van der Waals surface area contributed by atoms with Gasteiger partial charge in [-0.2, -0.15) is 0 Å². The van der Waals surface area contributed by atoms with Crippen molar-refractivity contribution in [1.29, 1.82) is 0 Å². The lowest BCUT2D eigenvalue weighted by Gasteiger charge is -2.23. The number of para-hydroxylation sites is 1. The molecule has 1 unspecified atom stereocenters. The van der Waals surface area contributed by atoms with Crippen LogP contribution >= 0.6 is 0 Å². The Hall–Kier alpha value is -2.73. The molecule has 1 atom stereocenters. The smallest absolute Gasteiger partial charge is 0.234 e. The van der Waals surface area contributed by atoms with Crippen LogP contribution in [-0.2, 0) is 22.6 Å². The molecule has 0 aromatic heterocycles. The normalized spacial score (nSPS) is 17.2. The van der Waals surface area contributed by atoms with Gasteiger partial charge in [0.25, 0.3) is 0 Å². The number of nitrogens with one attached hydrogen (secondary N) is 1. The second kappa shape index (κ2) is 8.10. The predicted molar refractivity (Wildman–Crippen MR) is 97.8 cm³/mol. The van der Waals surface area contributed by atoms with Crippen LogP contribution in [0.3, 0.4) is 0 Å². The molecule has 0 saturated carbocycles. The van der Waals surface area contributed by atoms with Gasteiger partial charge in [0.2, 0.25) is 11.8 Å². The molecule has 2 amide bonds. The maximum Gasteiger partial charge on any atom is 0.234 e. The van der Waals surface area contributed by atoms with Crippen LogP contribution in [0.2, 0.25) is 0 Å². The average Bonchev–Trinajstić information content (AvgIpc) is 3.07. The molecule has 0 aliphatic carbocycles. The first kappa shape index (κ1) is 18.1. The van der Waals surface area contributed by atoms with Crippen LogP contribution in [0, 0.1) is 5.82 Å². The van der Waals surface area contributed by atoms with Gasteiger partial charge in [-0.25, -0.2) is 4.39 Å². The van der Waals surface area contributed by atoms with Crippen LogP contribution in [0.4, 0.5) is 10.1 Å². The maximum absolute atomic E-state index is 13.0. The number of benzene rings is 2. The molecule has 5 nitrogen and oxygen atoms in total. The highest BCUT2D eigenvalue weighted by Gasteiger charge is 2.29. The van der Waals surface area contributed by atoms with Gasteiger partial charge in [0, 0.05) is 12.2 Å². The minimum atomic E-state index is -0.325. The monoisotopic (exact) mass is 355 g/mol. The van der Waals surface area contributed by atoms with E-state index in [0.29, 0.717) is 6.54 Å². The van der Waals surface area contributed by atoms with Gasteiger partial charge in [-0.05, 0) is 48.7 Å². The molecule has 1 heterocycles. The minimum Gasteiger partial charge on any atom is -0.368 e. The van der Waals surface area contributed by atoms with Crippen molar-refractivity contribution in [3.63, 3.8) is 0 Å². The van der Waals surface area contributed by atoms with Crippen molar-refractivity contribution in [2.45, 2.75) is 31.8 Å². The summed E-state index contributed by atoms with van der Waals surface area (Å²) in [6.07, 6.45) is 1.88. The fourth-order valence-corrected chi connectivity index (χ4v) is 3.32. The summed E-state index contributed by atoms with van der Waals surface area (Å²) >= 11 is 0. The van der Waals surface area contributed by atoms with E-state index in [1.54, 1.807) is 12.1 Å². The summed E-state index contributed by atoms with van der Waals surface area (Å²) in [4.78, 5) is 26.0.